The Hall–Kier alpha value is -1.50. The fraction of sp³-hybridized carbons (Fsp3) is 0.556. The fourth-order valence-corrected chi connectivity index (χ4v) is 3.99. The molecule has 1 aromatic rings. The summed E-state index contributed by atoms with van der Waals surface area (Å²) in [5.74, 6) is 0.0227. The molecule has 8 heteroatoms. The maximum atomic E-state index is 12.4. The van der Waals surface area contributed by atoms with Gasteiger partial charge in [0.1, 0.15) is 12.3 Å². The molecule has 2 heterocycles. The number of halogens is 2. The Balaban J connectivity index is 1.65. The lowest BCUT2D eigenvalue weighted by Crippen LogP contribution is -2.65. The molecule has 2 fully saturated rings. The van der Waals surface area contributed by atoms with Crippen LogP contribution in [0.2, 0.25) is 10.0 Å². The zero-order valence-electron chi connectivity index (χ0n) is 14.7. The topological polar surface area (TPSA) is 72.9 Å². The Labute approximate surface area is 163 Å². The summed E-state index contributed by atoms with van der Waals surface area (Å²) in [6.45, 7) is 4.21. The molecule has 2 N–H and O–H groups in total. The van der Waals surface area contributed by atoms with Crippen molar-refractivity contribution >= 4 is 35.0 Å². The van der Waals surface area contributed by atoms with Gasteiger partial charge in [0, 0.05) is 25.2 Å². The van der Waals surface area contributed by atoms with Gasteiger partial charge in [-0.2, -0.15) is 0 Å². The number of carbonyl (C=O) groups is 2. The van der Waals surface area contributed by atoms with Crippen molar-refractivity contribution in [2.45, 2.75) is 31.7 Å². The van der Waals surface area contributed by atoms with E-state index in [9.17, 15) is 14.7 Å². The number of hydrogen-bond donors (Lipinski definition) is 2. The van der Waals surface area contributed by atoms with Gasteiger partial charge in [-0.1, -0.05) is 30.1 Å². The van der Waals surface area contributed by atoms with Crippen LogP contribution in [0.15, 0.2) is 12.1 Å². The number of aromatic hydroxyl groups is 1. The normalized spacial score (nSPS) is 19.7. The average Bonchev–Trinajstić information content (AvgIpc) is 2.56. The van der Waals surface area contributed by atoms with Crippen LogP contribution in [0.5, 0.6) is 5.75 Å². The van der Waals surface area contributed by atoms with Crippen LogP contribution >= 0.6 is 23.2 Å². The first-order valence-electron chi connectivity index (χ1n) is 8.87. The fourth-order valence-electron chi connectivity index (χ4n) is 3.52. The van der Waals surface area contributed by atoms with E-state index in [-0.39, 0.29) is 42.6 Å². The molecule has 2 aliphatic heterocycles. The van der Waals surface area contributed by atoms with Crippen LogP contribution in [0.3, 0.4) is 0 Å². The number of nitrogens with zero attached hydrogens (tertiary/aromatic N) is 2. The van der Waals surface area contributed by atoms with Crippen LogP contribution in [-0.4, -0.2) is 65.5 Å². The van der Waals surface area contributed by atoms with E-state index in [0.717, 1.165) is 19.5 Å². The summed E-state index contributed by atoms with van der Waals surface area (Å²) in [5, 5.41) is 14.1. The predicted molar refractivity (Wildman–Crippen MR) is 101 cm³/mol. The third-order valence-corrected chi connectivity index (χ3v) is 6.08. The predicted octanol–water partition coefficient (Wildman–Crippen LogP) is 2.23. The molecule has 26 heavy (non-hydrogen) atoms. The molecule has 2 aliphatic rings. The molecule has 0 radical (unpaired) electrons. The van der Waals surface area contributed by atoms with Gasteiger partial charge in [0.2, 0.25) is 11.8 Å². The summed E-state index contributed by atoms with van der Waals surface area (Å²) in [6.07, 6.45) is 1.34. The zero-order chi connectivity index (χ0) is 18.8. The van der Waals surface area contributed by atoms with E-state index < -0.39 is 0 Å². The van der Waals surface area contributed by atoms with E-state index in [4.69, 9.17) is 23.2 Å². The molecule has 2 amide bonds. The number of phenolic OH excluding ortho intramolecular Hbond substituents is 1. The molecule has 2 saturated heterocycles. The Kier molecular flexibility index (Phi) is 5.95. The number of amides is 2. The molecule has 142 valence electrons. The van der Waals surface area contributed by atoms with E-state index in [0.29, 0.717) is 28.6 Å². The maximum absolute atomic E-state index is 12.4. The Morgan fingerprint density at radius 2 is 1.96 bits per heavy atom. The number of hydrogen-bond acceptors (Lipinski definition) is 4. The molecule has 1 aromatic carbocycles. The second kappa shape index (κ2) is 8.03. The lowest BCUT2D eigenvalue weighted by molar-refractivity contribution is -0.153. The largest absolute Gasteiger partial charge is 0.508 e. The zero-order valence-corrected chi connectivity index (χ0v) is 16.2. The number of rotatable bonds is 6. The van der Waals surface area contributed by atoms with Crippen molar-refractivity contribution in [3.63, 3.8) is 0 Å². The van der Waals surface area contributed by atoms with Gasteiger partial charge in [-0.3, -0.25) is 9.59 Å². The van der Waals surface area contributed by atoms with Crippen molar-refractivity contribution in [1.82, 2.24) is 15.1 Å². The van der Waals surface area contributed by atoms with Crippen molar-refractivity contribution in [1.29, 1.82) is 0 Å². The van der Waals surface area contributed by atoms with Gasteiger partial charge < -0.3 is 20.2 Å². The highest BCUT2D eigenvalue weighted by Crippen LogP contribution is 2.40. The molecule has 6 nitrogen and oxygen atoms in total. The second-order valence-electron chi connectivity index (χ2n) is 6.84. The molecule has 0 bridgehead atoms. The molecular formula is C18H23Cl2N3O3. The highest BCUT2D eigenvalue weighted by molar-refractivity contribution is 6.42. The minimum atomic E-state index is -0.0436. The number of benzene rings is 1. The van der Waals surface area contributed by atoms with E-state index in [1.807, 2.05) is 6.92 Å². The summed E-state index contributed by atoms with van der Waals surface area (Å²) < 4.78 is 0. The quantitative estimate of drug-likeness (QED) is 0.768. The van der Waals surface area contributed by atoms with E-state index in [2.05, 4.69) is 5.32 Å². The summed E-state index contributed by atoms with van der Waals surface area (Å²) >= 11 is 12.4. The minimum absolute atomic E-state index is 0.00668. The van der Waals surface area contributed by atoms with E-state index in [1.54, 1.807) is 15.9 Å². The van der Waals surface area contributed by atoms with E-state index in [1.165, 1.54) is 6.07 Å². The monoisotopic (exact) mass is 399 g/mol. The molecule has 0 saturated carbocycles. The van der Waals surface area contributed by atoms with Crippen molar-refractivity contribution in [3.05, 3.63) is 27.7 Å². The lowest BCUT2D eigenvalue weighted by Gasteiger charge is -2.42. The molecule has 3 rings (SSSR count). The second-order valence-corrected chi connectivity index (χ2v) is 7.62. The third-order valence-electron chi connectivity index (χ3n) is 5.26. The van der Waals surface area contributed by atoms with Crippen molar-refractivity contribution < 1.29 is 14.7 Å². The van der Waals surface area contributed by atoms with Crippen molar-refractivity contribution in [2.24, 2.45) is 0 Å². The first kappa shape index (κ1) is 19.3. The number of nitrogens with one attached hydrogen (secondary N) is 1. The van der Waals surface area contributed by atoms with Crippen LogP contribution < -0.4 is 5.32 Å². The van der Waals surface area contributed by atoms with Gasteiger partial charge in [-0.05, 0) is 30.9 Å². The Bertz CT molecular complexity index is 709. The maximum Gasteiger partial charge on any atom is 0.243 e. The Morgan fingerprint density at radius 1 is 1.23 bits per heavy atom. The summed E-state index contributed by atoms with van der Waals surface area (Å²) in [6, 6.07) is 3.23. The molecule has 0 unspecified atom stereocenters. The highest BCUT2D eigenvalue weighted by atomic mass is 35.5. The minimum Gasteiger partial charge on any atom is -0.508 e. The molecule has 0 aromatic heterocycles. The number of carbonyl (C=O) groups excluding carboxylic acids is 2. The van der Waals surface area contributed by atoms with Gasteiger partial charge in [0.05, 0.1) is 22.6 Å². The van der Waals surface area contributed by atoms with Gasteiger partial charge >= 0.3 is 0 Å². The van der Waals surface area contributed by atoms with Crippen LogP contribution in [-0.2, 0) is 9.59 Å². The highest BCUT2D eigenvalue weighted by Gasteiger charge is 2.36. The number of piperazine rings is 1. The van der Waals surface area contributed by atoms with Gasteiger partial charge in [0.15, 0.2) is 0 Å². The smallest absolute Gasteiger partial charge is 0.243 e. The van der Waals surface area contributed by atoms with Gasteiger partial charge in [-0.15, -0.1) is 0 Å². The van der Waals surface area contributed by atoms with E-state index >= 15 is 0 Å². The van der Waals surface area contributed by atoms with Crippen molar-refractivity contribution in [3.8, 4) is 5.75 Å². The molecular weight excluding hydrogens is 377 g/mol. The van der Waals surface area contributed by atoms with Crippen LogP contribution in [0.1, 0.15) is 31.2 Å². The van der Waals surface area contributed by atoms with Crippen LogP contribution in [0, 0.1) is 0 Å². The van der Waals surface area contributed by atoms with Gasteiger partial charge in [0.25, 0.3) is 0 Å². The third kappa shape index (κ3) is 3.77. The SMILES string of the molecule is CC[C@@H](CCN1CC(=O)N(C2CNC2)CC1=O)c1c(O)ccc(Cl)c1Cl. The first-order valence-corrected chi connectivity index (χ1v) is 9.62. The Morgan fingerprint density at radius 3 is 2.58 bits per heavy atom. The first-order chi connectivity index (χ1) is 12.4. The summed E-state index contributed by atoms with van der Waals surface area (Å²) in [4.78, 5) is 28.1. The van der Waals surface area contributed by atoms with Crippen LogP contribution in [0.4, 0.5) is 0 Å². The van der Waals surface area contributed by atoms with Crippen LogP contribution in [0.25, 0.3) is 0 Å². The molecule has 0 spiro atoms. The standard InChI is InChI=1S/C18H23Cl2N3O3/c1-2-11(17-14(24)4-3-13(19)18(17)20)5-6-22-9-16(26)23(10-15(22)25)12-7-21-8-12/h3-4,11-12,21,24H,2,5-10H2,1H3/t11-/m0/s1. The summed E-state index contributed by atoms with van der Waals surface area (Å²) in [7, 11) is 0. The van der Waals surface area contributed by atoms with Crippen molar-refractivity contribution in [2.75, 3.05) is 32.7 Å². The molecule has 0 aliphatic carbocycles. The number of phenols is 1. The summed E-state index contributed by atoms with van der Waals surface area (Å²) in [5.41, 5.74) is 0.611. The van der Waals surface area contributed by atoms with Gasteiger partial charge in [-0.25, -0.2) is 0 Å². The molecule has 1 atom stereocenters. The average molecular weight is 400 g/mol. The lowest BCUT2D eigenvalue weighted by atomic mass is 9.92.